The number of aromatic nitrogens is 1. The van der Waals surface area contributed by atoms with Crippen LogP contribution in [-0.2, 0) is 16.0 Å². The molecular formula is C29H34N2O5. The van der Waals surface area contributed by atoms with Gasteiger partial charge in [0.25, 0.3) is 0 Å². The zero-order chi connectivity index (χ0) is 25.6. The number of nitrogens with zero attached hydrogens (tertiary/aromatic N) is 1. The van der Waals surface area contributed by atoms with Gasteiger partial charge in [-0.15, -0.1) is 0 Å². The zero-order valence-corrected chi connectivity index (χ0v) is 21.2. The summed E-state index contributed by atoms with van der Waals surface area (Å²) < 4.78 is 12.0. The molecule has 1 unspecified atom stereocenters. The summed E-state index contributed by atoms with van der Waals surface area (Å²) in [4.78, 5) is 15.9. The topological polar surface area (TPSA) is 101 Å². The SMILES string of the molecule is Cc1ccc([C@@H](C)OCC(O)CNC(C)(C)Cc2ccc3ncccc3c2)c2c1O[C@@H]1[C@@H](C(=O)O)[C@H]21. The van der Waals surface area contributed by atoms with Crippen LogP contribution in [-0.4, -0.2) is 52.1 Å². The number of rotatable bonds is 10. The Morgan fingerprint density at radius 2 is 2.06 bits per heavy atom. The molecule has 1 fully saturated rings. The predicted molar refractivity (Wildman–Crippen MR) is 137 cm³/mol. The Labute approximate surface area is 211 Å². The summed E-state index contributed by atoms with van der Waals surface area (Å²) >= 11 is 0. The fourth-order valence-corrected chi connectivity index (χ4v) is 5.39. The van der Waals surface area contributed by atoms with Gasteiger partial charge in [-0.3, -0.25) is 9.78 Å². The van der Waals surface area contributed by atoms with Crippen LogP contribution in [0.3, 0.4) is 0 Å². The van der Waals surface area contributed by atoms with Crippen molar-refractivity contribution in [2.45, 2.75) is 63.9 Å². The van der Waals surface area contributed by atoms with Crippen molar-refractivity contribution in [3.63, 3.8) is 0 Å². The number of carbonyl (C=O) groups is 1. The number of β-amino-alcohol motifs (C(OH)–C–C–N with tert-alkyl or cyclic N) is 1. The van der Waals surface area contributed by atoms with E-state index >= 15 is 0 Å². The Kier molecular flexibility index (Phi) is 6.49. The molecule has 1 aromatic heterocycles. The quantitative estimate of drug-likeness (QED) is 0.392. The van der Waals surface area contributed by atoms with Gasteiger partial charge in [-0.25, -0.2) is 0 Å². The Bertz CT molecular complexity index is 1290. The number of hydrogen-bond donors (Lipinski definition) is 3. The van der Waals surface area contributed by atoms with Gasteiger partial charge >= 0.3 is 5.97 Å². The van der Waals surface area contributed by atoms with E-state index in [9.17, 15) is 15.0 Å². The molecule has 0 amide bonds. The summed E-state index contributed by atoms with van der Waals surface area (Å²) in [6.07, 6.45) is 1.37. The van der Waals surface area contributed by atoms with Crippen LogP contribution in [0.4, 0.5) is 0 Å². The average Bonchev–Trinajstić information content (AvgIpc) is 3.43. The number of aliphatic hydroxyl groups is 1. The van der Waals surface area contributed by atoms with E-state index < -0.39 is 18.0 Å². The monoisotopic (exact) mass is 490 g/mol. The number of carboxylic acids is 1. The maximum Gasteiger partial charge on any atom is 0.311 e. The molecule has 0 saturated heterocycles. The van der Waals surface area contributed by atoms with Crippen LogP contribution in [0.5, 0.6) is 5.75 Å². The van der Waals surface area contributed by atoms with Crippen LogP contribution in [0.25, 0.3) is 10.9 Å². The molecule has 5 rings (SSSR count). The molecular weight excluding hydrogens is 456 g/mol. The second kappa shape index (κ2) is 9.47. The molecule has 1 aliphatic carbocycles. The highest BCUT2D eigenvalue weighted by Gasteiger charge is 2.64. The fourth-order valence-electron chi connectivity index (χ4n) is 5.39. The van der Waals surface area contributed by atoms with E-state index in [1.807, 2.05) is 38.1 Å². The van der Waals surface area contributed by atoms with E-state index in [0.29, 0.717) is 6.54 Å². The van der Waals surface area contributed by atoms with Crippen molar-refractivity contribution in [2.75, 3.05) is 13.2 Å². The van der Waals surface area contributed by atoms with Gasteiger partial charge in [-0.05, 0) is 69.0 Å². The van der Waals surface area contributed by atoms with E-state index in [2.05, 4.69) is 42.3 Å². The first-order valence-electron chi connectivity index (χ1n) is 12.6. The maximum absolute atomic E-state index is 11.5. The first kappa shape index (κ1) is 24.7. The maximum atomic E-state index is 11.5. The molecule has 36 heavy (non-hydrogen) atoms. The lowest BCUT2D eigenvalue weighted by Gasteiger charge is -2.28. The molecule has 2 heterocycles. The van der Waals surface area contributed by atoms with Gasteiger partial charge in [0.15, 0.2) is 0 Å². The normalized spacial score (nSPS) is 22.0. The molecule has 5 atom stereocenters. The van der Waals surface area contributed by atoms with Gasteiger partial charge in [0, 0.05) is 35.1 Å². The number of carboxylic acid groups (broad SMARTS) is 1. The Morgan fingerprint density at radius 3 is 2.83 bits per heavy atom. The molecule has 2 aromatic carbocycles. The van der Waals surface area contributed by atoms with Crippen LogP contribution in [0.2, 0.25) is 0 Å². The third kappa shape index (κ3) is 4.83. The Hall–Kier alpha value is -3.00. The number of fused-ring (bicyclic) bond motifs is 4. The Balaban J connectivity index is 1.16. The number of ether oxygens (including phenoxy) is 2. The zero-order valence-electron chi connectivity index (χ0n) is 21.2. The van der Waals surface area contributed by atoms with Gasteiger partial charge in [0.2, 0.25) is 0 Å². The number of benzene rings is 2. The molecule has 7 nitrogen and oxygen atoms in total. The van der Waals surface area contributed by atoms with Crippen molar-refractivity contribution in [2.24, 2.45) is 5.92 Å². The summed E-state index contributed by atoms with van der Waals surface area (Å²) in [5.74, 6) is -0.622. The second-order valence-corrected chi connectivity index (χ2v) is 10.8. The molecule has 7 heteroatoms. The minimum Gasteiger partial charge on any atom is -0.488 e. The van der Waals surface area contributed by atoms with Gasteiger partial charge < -0.3 is 25.0 Å². The molecule has 0 radical (unpaired) electrons. The minimum absolute atomic E-state index is 0.114. The highest BCUT2D eigenvalue weighted by molar-refractivity contribution is 5.80. The lowest BCUT2D eigenvalue weighted by atomic mass is 9.94. The van der Waals surface area contributed by atoms with Crippen molar-refractivity contribution in [1.29, 1.82) is 0 Å². The van der Waals surface area contributed by atoms with Gasteiger partial charge in [-0.2, -0.15) is 0 Å². The molecule has 190 valence electrons. The molecule has 3 N–H and O–H groups in total. The summed E-state index contributed by atoms with van der Waals surface area (Å²) in [7, 11) is 0. The van der Waals surface area contributed by atoms with Crippen molar-refractivity contribution in [3.8, 4) is 5.75 Å². The fraction of sp³-hybridized carbons (Fsp3) is 0.448. The third-order valence-electron chi connectivity index (χ3n) is 7.36. The largest absolute Gasteiger partial charge is 0.488 e. The minimum atomic E-state index is -0.818. The predicted octanol–water partition coefficient (Wildman–Crippen LogP) is 4.15. The molecule has 0 bridgehead atoms. The second-order valence-electron chi connectivity index (χ2n) is 10.8. The lowest BCUT2D eigenvalue weighted by Crippen LogP contribution is -2.46. The van der Waals surface area contributed by atoms with Crippen LogP contribution in [0.15, 0.2) is 48.7 Å². The number of nitrogens with one attached hydrogen (secondary N) is 1. The molecule has 2 aliphatic rings. The standard InChI is InChI=1S/C29H34N2O5/c1-16-7-9-21(23-24-25(28(33)34)27(24)36-26(16)23)17(2)35-15-20(32)14-31-29(3,4)13-18-8-10-22-19(12-18)6-5-11-30-22/h5-12,17,20,24-25,27,31-32H,13-15H2,1-4H3,(H,33,34)/t17-,20?,24+,25+,27+/m1/s1. The summed E-state index contributed by atoms with van der Waals surface area (Å²) in [5, 5.41) is 24.7. The summed E-state index contributed by atoms with van der Waals surface area (Å²) in [6, 6.07) is 14.3. The van der Waals surface area contributed by atoms with E-state index in [1.54, 1.807) is 6.20 Å². The lowest BCUT2D eigenvalue weighted by molar-refractivity contribution is -0.139. The highest BCUT2D eigenvalue weighted by atomic mass is 16.5. The number of aliphatic carboxylic acids is 1. The molecule has 0 spiro atoms. The Morgan fingerprint density at radius 1 is 1.25 bits per heavy atom. The van der Waals surface area contributed by atoms with Crippen LogP contribution in [0.1, 0.15) is 55.0 Å². The van der Waals surface area contributed by atoms with Crippen LogP contribution >= 0.6 is 0 Å². The van der Waals surface area contributed by atoms with Crippen molar-refractivity contribution in [3.05, 3.63) is 70.9 Å². The highest BCUT2D eigenvalue weighted by Crippen LogP contribution is 2.61. The number of pyridine rings is 1. The van der Waals surface area contributed by atoms with Crippen molar-refractivity contribution < 1.29 is 24.5 Å². The molecule has 1 aliphatic heterocycles. The smallest absolute Gasteiger partial charge is 0.311 e. The number of aliphatic hydroxyl groups excluding tert-OH is 1. The summed E-state index contributed by atoms with van der Waals surface area (Å²) in [6.45, 7) is 8.73. The van der Waals surface area contributed by atoms with Gasteiger partial charge in [0.1, 0.15) is 17.8 Å². The van der Waals surface area contributed by atoms with Gasteiger partial charge in [0.05, 0.1) is 24.3 Å². The van der Waals surface area contributed by atoms with Gasteiger partial charge in [-0.1, -0.05) is 24.3 Å². The van der Waals surface area contributed by atoms with Crippen molar-refractivity contribution >= 4 is 16.9 Å². The summed E-state index contributed by atoms with van der Waals surface area (Å²) in [5.41, 5.74) is 4.88. The first-order chi connectivity index (χ1) is 17.1. The van der Waals surface area contributed by atoms with E-state index in [4.69, 9.17) is 9.47 Å². The molecule has 3 aromatic rings. The number of aryl methyl sites for hydroxylation is 1. The van der Waals surface area contributed by atoms with Crippen molar-refractivity contribution in [1.82, 2.24) is 10.3 Å². The van der Waals surface area contributed by atoms with E-state index in [-0.39, 0.29) is 30.3 Å². The molecule has 1 saturated carbocycles. The third-order valence-corrected chi connectivity index (χ3v) is 7.36. The van der Waals surface area contributed by atoms with Crippen LogP contribution < -0.4 is 10.1 Å². The number of hydrogen-bond acceptors (Lipinski definition) is 6. The average molecular weight is 491 g/mol. The van der Waals surface area contributed by atoms with Crippen LogP contribution in [0, 0.1) is 12.8 Å². The first-order valence-corrected chi connectivity index (χ1v) is 12.6. The van der Waals surface area contributed by atoms with E-state index in [1.165, 1.54) is 5.56 Å². The van der Waals surface area contributed by atoms with E-state index in [0.717, 1.165) is 39.8 Å².